The molecule has 102 valence electrons. The Kier molecular flexibility index (Phi) is 6.11. The van der Waals surface area contributed by atoms with E-state index in [2.05, 4.69) is 10.3 Å². The zero-order valence-electron chi connectivity index (χ0n) is 11.2. The standard InChI is InChI=1S/C12H20N2O2S2/c1-7(5-15)6-17-10(4)11(16)14-12-13-8(2)9(3)18-12/h7,10,15H,5-6H2,1-4H3,(H,13,14,16)/t7-,10+/m0/s1. The van der Waals surface area contributed by atoms with Gasteiger partial charge in [-0.05, 0) is 32.4 Å². The molecule has 0 aliphatic carbocycles. The van der Waals surface area contributed by atoms with Crippen LogP contribution in [-0.4, -0.2) is 33.6 Å². The molecule has 0 fully saturated rings. The molecular formula is C12H20N2O2S2. The summed E-state index contributed by atoms with van der Waals surface area (Å²) in [4.78, 5) is 17.3. The lowest BCUT2D eigenvalue weighted by Gasteiger charge is -2.12. The highest BCUT2D eigenvalue weighted by molar-refractivity contribution is 8.00. The summed E-state index contributed by atoms with van der Waals surface area (Å²) in [7, 11) is 0. The molecule has 18 heavy (non-hydrogen) atoms. The third-order valence-corrected chi connectivity index (χ3v) is 5.03. The fourth-order valence-electron chi connectivity index (χ4n) is 1.17. The number of hydrogen-bond acceptors (Lipinski definition) is 5. The quantitative estimate of drug-likeness (QED) is 0.844. The molecule has 0 bridgehead atoms. The van der Waals surface area contributed by atoms with Gasteiger partial charge in [-0.3, -0.25) is 4.79 Å². The predicted molar refractivity (Wildman–Crippen MR) is 78.4 cm³/mol. The van der Waals surface area contributed by atoms with E-state index in [4.69, 9.17) is 5.11 Å². The first kappa shape index (κ1) is 15.5. The second-order valence-corrected chi connectivity index (χ2v) is 6.99. The number of aromatic nitrogens is 1. The van der Waals surface area contributed by atoms with Gasteiger partial charge >= 0.3 is 0 Å². The van der Waals surface area contributed by atoms with Crippen LogP contribution in [-0.2, 0) is 4.79 Å². The summed E-state index contributed by atoms with van der Waals surface area (Å²) in [6, 6.07) is 0. The van der Waals surface area contributed by atoms with Crippen LogP contribution in [0.5, 0.6) is 0 Å². The van der Waals surface area contributed by atoms with Gasteiger partial charge in [-0.15, -0.1) is 23.1 Å². The number of amides is 1. The molecule has 0 radical (unpaired) electrons. The maximum absolute atomic E-state index is 11.9. The highest BCUT2D eigenvalue weighted by atomic mass is 32.2. The number of aryl methyl sites for hydroxylation is 2. The lowest BCUT2D eigenvalue weighted by atomic mass is 10.2. The van der Waals surface area contributed by atoms with Gasteiger partial charge in [0.25, 0.3) is 0 Å². The maximum Gasteiger partial charge on any atom is 0.238 e. The van der Waals surface area contributed by atoms with Gasteiger partial charge in [-0.1, -0.05) is 6.92 Å². The Bertz CT molecular complexity index is 387. The van der Waals surface area contributed by atoms with Gasteiger partial charge < -0.3 is 10.4 Å². The van der Waals surface area contributed by atoms with E-state index in [0.29, 0.717) is 5.13 Å². The van der Waals surface area contributed by atoms with E-state index in [0.717, 1.165) is 16.3 Å². The van der Waals surface area contributed by atoms with Crippen molar-refractivity contribution in [2.24, 2.45) is 5.92 Å². The molecule has 1 amide bonds. The van der Waals surface area contributed by atoms with Crippen molar-refractivity contribution in [1.29, 1.82) is 0 Å². The van der Waals surface area contributed by atoms with E-state index in [1.807, 2.05) is 27.7 Å². The van der Waals surface area contributed by atoms with Crippen LogP contribution < -0.4 is 5.32 Å². The lowest BCUT2D eigenvalue weighted by Crippen LogP contribution is -2.23. The fourth-order valence-corrected chi connectivity index (χ4v) is 2.92. The van der Waals surface area contributed by atoms with Crippen LogP contribution in [0, 0.1) is 19.8 Å². The Morgan fingerprint density at radius 1 is 1.50 bits per heavy atom. The molecule has 0 aliphatic heterocycles. The zero-order valence-corrected chi connectivity index (χ0v) is 12.8. The minimum Gasteiger partial charge on any atom is -0.396 e. The van der Waals surface area contributed by atoms with Crippen molar-refractivity contribution in [1.82, 2.24) is 4.98 Å². The SMILES string of the molecule is Cc1nc(NC(=O)[C@@H](C)SC[C@@H](C)CO)sc1C. The van der Waals surface area contributed by atoms with Crippen molar-refractivity contribution in [3.8, 4) is 0 Å². The summed E-state index contributed by atoms with van der Waals surface area (Å²) in [5.41, 5.74) is 0.963. The van der Waals surface area contributed by atoms with Crippen molar-refractivity contribution in [2.75, 3.05) is 17.7 Å². The number of thiazole rings is 1. The molecule has 1 aromatic rings. The second-order valence-electron chi connectivity index (χ2n) is 4.41. The molecule has 1 heterocycles. The summed E-state index contributed by atoms with van der Waals surface area (Å²) in [5, 5.41) is 12.3. The third-order valence-electron chi connectivity index (χ3n) is 2.57. The molecular weight excluding hydrogens is 268 g/mol. The van der Waals surface area contributed by atoms with E-state index in [9.17, 15) is 4.79 Å². The van der Waals surface area contributed by atoms with Gasteiger partial charge in [-0.2, -0.15) is 0 Å². The number of rotatable bonds is 6. The van der Waals surface area contributed by atoms with E-state index in [1.165, 1.54) is 11.3 Å². The lowest BCUT2D eigenvalue weighted by molar-refractivity contribution is -0.115. The number of aliphatic hydroxyl groups excluding tert-OH is 1. The van der Waals surface area contributed by atoms with Gasteiger partial charge in [0.1, 0.15) is 0 Å². The molecule has 0 saturated carbocycles. The van der Waals surface area contributed by atoms with Crippen LogP contribution in [0.3, 0.4) is 0 Å². The first-order valence-corrected chi connectivity index (χ1v) is 7.78. The molecule has 0 unspecified atom stereocenters. The van der Waals surface area contributed by atoms with Crippen LogP contribution in [0.4, 0.5) is 5.13 Å². The summed E-state index contributed by atoms with van der Waals surface area (Å²) in [6.07, 6.45) is 0. The Hall–Kier alpha value is -0.590. The average Bonchev–Trinajstić information content (AvgIpc) is 2.64. The number of hydrogen-bond donors (Lipinski definition) is 2. The number of aliphatic hydroxyl groups is 1. The number of anilines is 1. The molecule has 4 nitrogen and oxygen atoms in total. The minimum absolute atomic E-state index is 0.0288. The maximum atomic E-state index is 11.9. The molecule has 0 saturated heterocycles. The van der Waals surface area contributed by atoms with E-state index in [-0.39, 0.29) is 23.7 Å². The number of thioether (sulfide) groups is 1. The van der Waals surface area contributed by atoms with Gasteiger partial charge in [0.05, 0.1) is 10.9 Å². The minimum atomic E-state index is -0.136. The first-order chi connectivity index (χ1) is 8.43. The van der Waals surface area contributed by atoms with Crippen LogP contribution in [0.15, 0.2) is 0 Å². The van der Waals surface area contributed by atoms with Crippen LogP contribution in [0.1, 0.15) is 24.4 Å². The van der Waals surface area contributed by atoms with Gasteiger partial charge in [0.2, 0.25) is 5.91 Å². The van der Waals surface area contributed by atoms with Crippen molar-refractivity contribution >= 4 is 34.1 Å². The first-order valence-electron chi connectivity index (χ1n) is 5.91. The van der Waals surface area contributed by atoms with Crippen molar-refractivity contribution in [3.63, 3.8) is 0 Å². The van der Waals surface area contributed by atoms with Gasteiger partial charge in [-0.25, -0.2) is 4.98 Å². The molecule has 1 rings (SSSR count). The number of nitrogens with one attached hydrogen (secondary N) is 1. The summed E-state index contributed by atoms with van der Waals surface area (Å²) >= 11 is 3.05. The normalized spacial score (nSPS) is 14.3. The average molecular weight is 288 g/mol. The summed E-state index contributed by atoms with van der Waals surface area (Å²) in [6.45, 7) is 7.92. The number of carbonyl (C=O) groups excluding carboxylic acids is 1. The molecule has 6 heteroatoms. The van der Waals surface area contributed by atoms with Gasteiger partial charge in [0, 0.05) is 11.5 Å². The molecule has 1 aromatic heterocycles. The van der Waals surface area contributed by atoms with Crippen molar-refractivity contribution in [2.45, 2.75) is 32.9 Å². The number of nitrogens with zero attached hydrogens (tertiary/aromatic N) is 1. The van der Waals surface area contributed by atoms with Crippen LogP contribution >= 0.6 is 23.1 Å². The fraction of sp³-hybridized carbons (Fsp3) is 0.667. The van der Waals surface area contributed by atoms with E-state index < -0.39 is 0 Å². The smallest absolute Gasteiger partial charge is 0.238 e. The van der Waals surface area contributed by atoms with Crippen molar-refractivity contribution in [3.05, 3.63) is 10.6 Å². The highest BCUT2D eigenvalue weighted by Gasteiger charge is 2.16. The van der Waals surface area contributed by atoms with Crippen LogP contribution in [0.25, 0.3) is 0 Å². The van der Waals surface area contributed by atoms with Crippen molar-refractivity contribution < 1.29 is 9.90 Å². The second kappa shape index (κ2) is 7.11. The third kappa shape index (κ3) is 4.59. The predicted octanol–water partition coefficient (Wildman–Crippen LogP) is 2.45. The summed E-state index contributed by atoms with van der Waals surface area (Å²) < 4.78 is 0. The van der Waals surface area contributed by atoms with Crippen LogP contribution in [0.2, 0.25) is 0 Å². The Labute approximate surface area is 116 Å². The molecule has 2 atom stereocenters. The molecule has 2 N–H and O–H groups in total. The summed E-state index contributed by atoms with van der Waals surface area (Å²) in [5.74, 6) is 0.967. The number of carbonyl (C=O) groups is 1. The van der Waals surface area contributed by atoms with E-state index >= 15 is 0 Å². The van der Waals surface area contributed by atoms with Gasteiger partial charge in [0.15, 0.2) is 5.13 Å². The molecule has 0 aromatic carbocycles. The largest absolute Gasteiger partial charge is 0.396 e. The Morgan fingerprint density at radius 3 is 2.67 bits per heavy atom. The molecule has 0 spiro atoms. The monoisotopic (exact) mass is 288 g/mol. The zero-order chi connectivity index (χ0) is 13.7. The highest BCUT2D eigenvalue weighted by Crippen LogP contribution is 2.22. The topological polar surface area (TPSA) is 62.2 Å². The Balaban J connectivity index is 2.44. The van der Waals surface area contributed by atoms with E-state index in [1.54, 1.807) is 11.8 Å². The Morgan fingerprint density at radius 2 is 2.17 bits per heavy atom. The molecule has 0 aliphatic rings.